The predicted molar refractivity (Wildman–Crippen MR) is 130 cm³/mol. The van der Waals surface area contributed by atoms with E-state index in [4.69, 9.17) is 20.6 Å². The molecule has 2 aromatic heterocycles. The van der Waals surface area contributed by atoms with Crippen LogP contribution in [-0.2, 0) is 11.2 Å². The van der Waals surface area contributed by atoms with Crippen molar-refractivity contribution in [3.8, 4) is 22.5 Å². The van der Waals surface area contributed by atoms with E-state index in [-0.39, 0.29) is 34.1 Å². The van der Waals surface area contributed by atoms with Gasteiger partial charge in [0, 0.05) is 18.0 Å². The summed E-state index contributed by atoms with van der Waals surface area (Å²) in [5.41, 5.74) is 2.59. The normalized spacial score (nSPS) is 17.3. The standard InChI is InChI=1S/C26H21ClFN5O4/c1-13-30-23(33-36-13)22-18(11-16(27)12-19(22)28)15-2-4-17-14(10-15)3-5-20(17)31-25(35)26(7-8-26)32-24(34)21-6-9-29-37-21/h2,4,6,9-12,20H,3,5,7-8H2,1H3,(H,31,35)(H,32,34). The molecule has 0 aliphatic heterocycles. The summed E-state index contributed by atoms with van der Waals surface area (Å²) in [6.45, 7) is 1.64. The Morgan fingerprint density at radius 2 is 2.00 bits per heavy atom. The molecule has 2 N–H and O–H groups in total. The molecule has 188 valence electrons. The molecule has 2 aliphatic carbocycles. The van der Waals surface area contributed by atoms with E-state index in [1.54, 1.807) is 13.0 Å². The van der Waals surface area contributed by atoms with Crippen LogP contribution >= 0.6 is 11.6 Å². The molecule has 0 radical (unpaired) electrons. The van der Waals surface area contributed by atoms with E-state index in [1.807, 2.05) is 18.2 Å². The predicted octanol–water partition coefficient (Wildman–Crippen LogP) is 4.56. The maximum absolute atomic E-state index is 15.0. The monoisotopic (exact) mass is 521 g/mol. The van der Waals surface area contributed by atoms with Crippen molar-refractivity contribution in [2.24, 2.45) is 0 Å². The molecule has 1 saturated carbocycles. The summed E-state index contributed by atoms with van der Waals surface area (Å²) < 4.78 is 24.9. The van der Waals surface area contributed by atoms with Gasteiger partial charge in [-0.2, -0.15) is 4.98 Å². The first-order valence-corrected chi connectivity index (χ1v) is 12.2. The summed E-state index contributed by atoms with van der Waals surface area (Å²) in [6, 6.07) is 9.91. The minimum Gasteiger partial charge on any atom is -0.351 e. The molecule has 9 nitrogen and oxygen atoms in total. The van der Waals surface area contributed by atoms with Gasteiger partial charge in [-0.25, -0.2) is 4.39 Å². The summed E-state index contributed by atoms with van der Waals surface area (Å²) in [7, 11) is 0. The number of carbonyl (C=O) groups is 2. The zero-order chi connectivity index (χ0) is 25.7. The summed E-state index contributed by atoms with van der Waals surface area (Å²) in [4.78, 5) is 29.7. The third-order valence-electron chi connectivity index (χ3n) is 6.84. The van der Waals surface area contributed by atoms with Crippen LogP contribution in [0.1, 0.15) is 52.9 Å². The Labute approximate surface area is 215 Å². The van der Waals surface area contributed by atoms with Gasteiger partial charge in [0.15, 0.2) is 0 Å². The smallest absolute Gasteiger partial charge is 0.290 e. The van der Waals surface area contributed by atoms with Gasteiger partial charge in [-0.05, 0) is 60.1 Å². The van der Waals surface area contributed by atoms with Gasteiger partial charge in [0.25, 0.3) is 5.91 Å². The quantitative estimate of drug-likeness (QED) is 0.381. The Morgan fingerprint density at radius 1 is 1.16 bits per heavy atom. The second-order valence-corrected chi connectivity index (χ2v) is 9.77. The molecule has 0 spiro atoms. The number of nitrogens with one attached hydrogen (secondary N) is 2. The van der Waals surface area contributed by atoms with Crippen molar-refractivity contribution in [3.05, 3.63) is 76.2 Å². The van der Waals surface area contributed by atoms with E-state index in [9.17, 15) is 14.0 Å². The molecule has 2 aliphatic rings. The molecular formula is C26H21ClFN5O4. The number of nitrogens with zero attached hydrogens (tertiary/aromatic N) is 3. The van der Waals surface area contributed by atoms with Crippen LogP contribution in [0, 0.1) is 12.7 Å². The van der Waals surface area contributed by atoms with E-state index in [0.717, 1.165) is 23.1 Å². The summed E-state index contributed by atoms with van der Waals surface area (Å²) in [5, 5.41) is 13.5. The number of fused-ring (bicyclic) bond motifs is 1. The van der Waals surface area contributed by atoms with Crippen LogP contribution in [0.5, 0.6) is 0 Å². The van der Waals surface area contributed by atoms with Gasteiger partial charge < -0.3 is 19.7 Å². The van der Waals surface area contributed by atoms with Gasteiger partial charge in [-0.1, -0.05) is 40.1 Å². The Hall–Kier alpha value is -4.05. The molecular weight excluding hydrogens is 501 g/mol. The lowest BCUT2D eigenvalue weighted by atomic mass is 9.95. The molecule has 1 unspecified atom stereocenters. The number of aryl methyl sites for hydroxylation is 2. The van der Waals surface area contributed by atoms with Crippen LogP contribution < -0.4 is 10.6 Å². The van der Waals surface area contributed by atoms with Gasteiger partial charge in [0.2, 0.25) is 23.4 Å². The second kappa shape index (κ2) is 8.81. The van der Waals surface area contributed by atoms with Crippen LogP contribution in [0.25, 0.3) is 22.5 Å². The maximum Gasteiger partial charge on any atom is 0.290 e. The Kier molecular flexibility index (Phi) is 5.56. The van der Waals surface area contributed by atoms with E-state index < -0.39 is 17.3 Å². The van der Waals surface area contributed by atoms with Crippen LogP contribution in [0.4, 0.5) is 4.39 Å². The minimum atomic E-state index is -0.942. The first kappa shape index (κ1) is 23.4. The number of rotatable bonds is 6. The van der Waals surface area contributed by atoms with E-state index in [1.165, 1.54) is 18.3 Å². The minimum absolute atomic E-state index is 0.0608. The van der Waals surface area contributed by atoms with Crippen molar-refractivity contribution >= 4 is 23.4 Å². The van der Waals surface area contributed by atoms with Crippen molar-refractivity contribution < 1.29 is 23.0 Å². The molecule has 0 bridgehead atoms. The van der Waals surface area contributed by atoms with Crippen molar-refractivity contribution in [1.29, 1.82) is 0 Å². The highest BCUT2D eigenvalue weighted by Crippen LogP contribution is 2.41. The lowest BCUT2D eigenvalue weighted by Crippen LogP contribution is -2.49. The fourth-order valence-corrected chi connectivity index (χ4v) is 5.01. The second-order valence-electron chi connectivity index (χ2n) is 9.34. The number of hydrogen-bond donors (Lipinski definition) is 2. The third-order valence-corrected chi connectivity index (χ3v) is 7.06. The van der Waals surface area contributed by atoms with Crippen LogP contribution in [-0.4, -0.2) is 32.7 Å². The summed E-state index contributed by atoms with van der Waals surface area (Å²) in [5.74, 6) is -0.707. The third kappa shape index (κ3) is 4.27. The van der Waals surface area contributed by atoms with Crippen LogP contribution in [0.15, 0.2) is 51.6 Å². The van der Waals surface area contributed by atoms with Crippen molar-refractivity contribution in [2.45, 2.75) is 44.2 Å². The van der Waals surface area contributed by atoms with Crippen molar-refractivity contribution in [3.63, 3.8) is 0 Å². The molecule has 0 saturated heterocycles. The number of carbonyl (C=O) groups excluding carboxylic acids is 2. The highest BCUT2D eigenvalue weighted by atomic mass is 35.5. The topological polar surface area (TPSA) is 123 Å². The van der Waals surface area contributed by atoms with Crippen LogP contribution in [0.3, 0.4) is 0 Å². The number of hydrogen-bond acceptors (Lipinski definition) is 7. The molecule has 37 heavy (non-hydrogen) atoms. The van der Waals surface area contributed by atoms with Crippen molar-refractivity contribution in [1.82, 2.24) is 25.9 Å². The lowest BCUT2D eigenvalue weighted by Gasteiger charge is -2.21. The largest absolute Gasteiger partial charge is 0.351 e. The average Bonchev–Trinajstić information content (AvgIpc) is 3.24. The van der Waals surface area contributed by atoms with Gasteiger partial charge in [0.05, 0.1) is 17.8 Å². The zero-order valence-corrected chi connectivity index (χ0v) is 20.4. The van der Waals surface area contributed by atoms with Gasteiger partial charge in [-0.3, -0.25) is 9.59 Å². The molecule has 1 fully saturated rings. The zero-order valence-electron chi connectivity index (χ0n) is 19.7. The summed E-state index contributed by atoms with van der Waals surface area (Å²) >= 11 is 6.19. The average molecular weight is 522 g/mol. The van der Waals surface area contributed by atoms with E-state index in [0.29, 0.717) is 30.7 Å². The first-order chi connectivity index (χ1) is 17.8. The van der Waals surface area contributed by atoms with Crippen molar-refractivity contribution in [2.75, 3.05) is 0 Å². The number of amides is 2. The van der Waals surface area contributed by atoms with E-state index in [2.05, 4.69) is 25.9 Å². The first-order valence-electron chi connectivity index (χ1n) is 11.8. The van der Waals surface area contributed by atoms with Gasteiger partial charge in [-0.15, -0.1) is 0 Å². The van der Waals surface area contributed by atoms with Crippen LogP contribution in [0.2, 0.25) is 5.02 Å². The number of halogens is 2. The fraction of sp³-hybridized carbons (Fsp3) is 0.269. The highest BCUT2D eigenvalue weighted by molar-refractivity contribution is 6.31. The molecule has 11 heteroatoms. The maximum atomic E-state index is 15.0. The van der Waals surface area contributed by atoms with Gasteiger partial charge in [0.1, 0.15) is 11.4 Å². The lowest BCUT2D eigenvalue weighted by molar-refractivity contribution is -0.124. The molecule has 6 rings (SSSR count). The Bertz CT molecular complexity index is 1530. The Morgan fingerprint density at radius 3 is 2.70 bits per heavy atom. The summed E-state index contributed by atoms with van der Waals surface area (Å²) in [6.07, 6.45) is 3.91. The molecule has 1 atom stereocenters. The number of aromatic nitrogens is 3. The molecule has 2 aromatic carbocycles. The SMILES string of the molecule is Cc1nc(-c2c(F)cc(Cl)cc2-c2ccc3c(c2)CCC3NC(=O)C2(NC(=O)c3ccno3)CC2)no1. The number of benzene rings is 2. The van der Waals surface area contributed by atoms with Gasteiger partial charge >= 0.3 is 0 Å². The molecule has 2 heterocycles. The Balaban J connectivity index is 1.24. The fourth-order valence-electron chi connectivity index (χ4n) is 4.81. The molecule has 2 amide bonds. The molecule has 4 aromatic rings. The van der Waals surface area contributed by atoms with E-state index >= 15 is 0 Å². The highest BCUT2D eigenvalue weighted by Gasteiger charge is 2.52.